The number of hydrogen-bond acceptors (Lipinski definition) is 5. The van der Waals surface area contributed by atoms with Gasteiger partial charge in [-0.25, -0.2) is 8.78 Å². The minimum absolute atomic E-state index is 0.118. The van der Waals surface area contributed by atoms with Crippen molar-refractivity contribution < 1.29 is 23.2 Å². The van der Waals surface area contributed by atoms with Crippen molar-refractivity contribution in [3.8, 4) is 0 Å². The highest BCUT2D eigenvalue weighted by Crippen LogP contribution is 2.32. The number of piperidine rings is 1. The summed E-state index contributed by atoms with van der Waals surface area (Å²) in [5, 5.41) is 10.6. The maximum atomic E-state index is 14.0. The maximum absolute atomic E-state index is 14.0. The topological polar surface area (TPSA) is 72.7 Å². The lowest BCUT2D eigenvalue weighted by Crippen LogP contribution is -2.35. The van der Waals surface area contributed by atoms with Crippen molar-refractivity contribution in [2.45, 2.75) is 19.3 Å². The molecule has 0 unspecified atom stereocenters. The predicted octanol–water partition coefficient (Wildman–Crippen LogP) is 2.65. The Bertz CT molecular complexity index is 563. The zero-order chi connectivity index (χ0) is 16.3. The van der Waals surface area contributed by atoms with E-state index in [1.807, 2.05) is 0 Å². The van der Waals surface area contributed by atoms with Gasteiger partial charge in [-0.3, -0.25) is 14.9 Å². The number of nitro groups is 1. The number of benzene rings is 1. The largest absolute Gasteiger partial charge is 0.469 e. The van der Waals surface area contributed by atoms with Crippen molar-refractivity contribution in [1.29, 1.82) is 0 Å². The summed E-state index contributed by atoms with van der Waals surface area (Å²) in [6.07, 6.45) is 1.49. The smallest absolute Gasteiger partial charge is 0.305 e. The van der Waals surface area contributed by atoms with Gasteiger partial charge in [0.1, 0.15) is 5.69 Å². The van der Waals surface area contributed by atoms with Crippen LogP contribution in [-0.2, 0) is 9.53 Å². The molecule has 0 amide bonds. The molecule has 0 atom stereocenters. The van der Waals surface area contributed by atoms with Gasteiger partial charge in [-0.1, -0.05) is 0 Å². The summed E-state index contributed by atoms with van der Waals surface area (Å²) in [4.78, 5) is 22.5. The quantitative estimate of drug-likeness (QED) is 0.485. The molecular weight excluding hydrogens is 298 g/mol. The standard InChI is InChI=1S/C14H16F2N2O4/c1-22-13(19)6-9-2-4-17(5-3-9)14-11(15)7-10(18(20)21)8-12(14)16/h7-9H,2-6H2,1H3. The molecule has 120 valence electrons. The molecule has 0 spiro atoms. The molecule has 1 aromatic carbocycles. The van der Waals surface area contributed by atoms with Gasteiger partial charge in [-0.05, 0) is 18.8 Å². The van der Waals surface area contributed by atoms with Crippen LogP contribution in [0.1, 0.15) is 19.3 Å². The van der Waals surface area contributed by atoms with E-state index in [4.69, 9.17) is 0 Å². The molecule has 0 saturated carbocycles. The molecule has 22 heavy (non-hydrogen) atoms. The van der Waals surface area contributed by atoms with E-state index in [-0.39, 0.29) is 24.0 Å². The van der Waals surface area contributed by atoms with Gasteiger partial charge in [-0.15, -0.1) is 0 Å². The molecule has 0 aromatic heterocycles. The molecule has 0 N–H and O–H groups in total. The Labute approximate surface area is 125 Å². The Morgan fingerprint density at radius 3 is 2.36 bits per heavy atom. The van der Waals surface area contributed by atoms with Crippen molar-refractivity contribution in [3.05, 3.63) is 33.9 Å². The lowest BCUT2D eigenvalue weighted by molar-refractivity contribution is -0.385. The van der Waals surface area contributed by atoms with Crippen LogP contribution in [0.3, 0.4) is 0 Å². The second-order valence-corrected chi connectivity index (χ2v) is 5.23. The summed E-state index contributed by atoms with van der Waals surface area (Å²) in [7, 11) is 1.32. The number of non-ortho nitro benzene ring substituents is 1. The van der Waals surface area contributed by atoms with Crippen LogP contribution in [0.5, 0.6) is 0 Å². The van der Waals surface area contributed by atoms with E-state index in [0.29, 0.717) is 25.9 Å². The molecule has 6 nitrogen and oxygen atoms in total. The number of halogens is 2. The van der Waals surface area contributed by atoms with Gasteiger partial charge in [0.2, 0.25) is 0 Å². The number of carbonyl (C=O) groups excluding carboxylic acids is 1. The van der Waals surface area contributed by atoms with Crippen LogP contribution in [0, 0.1) is 27.7 Å². The number of carbonyl (C=O) groups is 1. The van der Waals surface area contributed by atoms with Crippen molar-refractivity contribution in [2.24, 2.45) is 5.92 Å². The fourth-order valence-electron chi connectivity index (χ4n) is 2.64. The minimum Gasteiger partial charge on any atom is -0.469 e. The van der Waals surface area contributed by atoms with Crippen molar-refractivity contribution >= 4 is 17.3 Å². The van der Waals surface area contributed by atoms with Crippen LogP contribution in [0.15, 0.2) is 12.1 Å². The first-order chi connectivity index (χ1) is 10.4. The van der Waals surface area contributed by atoms with Crippen LogP contribution in [0.25, 0.3) is 0 Å². The number of ether oxygens (including phenoxy) is 1. The first-order valence-electron chi connectivity index (χ1n) is 6.87. The number of rotatable bonds is 4. The molecule has 1 heterocycles. The summed E-state index contributed by atoms with van der Waals surface area (Å²) >= 11 is 0. The van der Waals surface area contributed by atoms with E-state index in [2.05, 4.69) is 4.74 Å². The molecule has 8 heteroatoms. The molecule has 1 aliphatic heterocycles. The van der Waals surface area contributed by atoms with Gasteiger partial charge in [-0.2, -0.15) is 0 Å². The first-order valence-corrected chi connectivity index (χ1v) is 6.87. The molecule has 1 aliphatic rings. The lowest BCUT2D eigenvalue weighted by Gasteiger charge is -2.33. The Morgan fingerprint density at radius 2 is 1.91 bits per heavy atom. The average molecular weight is 314 g/mol. The first kappa shape index (κ1) is 16.1. The fourth-order valence-corrected chi connectivity index (χ4v) is 2.64. The molecule has 1 fully saturated rings. The van der Waals surface area contributed by atoms with Crippen LogP contribution in [-0.4, -0.2) is 31.1 Å². The highest BCUT2D eigenvalue weighted by Gasteiger charge is 2.27. The molecule has 2 rings (SSSR count). The lowest BCUT2D eigenvalue weighted by atomic mass is 9.93. The zero-order valence-electron chi connectivity index (χ0n) is 12.1. The summed E-state index contributed by atoms with van der Waals surface area (Å²) in [6, 6.07) is 1.44. The van der Waals surface area contributed by atoms with E-state index >= 15 is 0 Å². The molecule has 0 radical (unpaired) electrons. The maximum Gasteiger partial charge on any atom is 0.305 e. The van der Waals surface area contributed by atoms with Gasteiger partial charge in [0, 0.05) is 19.5 Å². The zero-order valence-corrected chi connectivity index (χ0v) is 12.1. The Hall–Kier alpha value is -2.25. The third-order valence-corrected chi connectivity index (χ3v) is 3.83. The number of nitrogens with zero attached hydrogens (tertiary/aromatic N) is 2. The van der Waals surface area contributed by atoms with Gasteiger partial charge < -0.3 is 9.64 Å². The highest BCUT2D eigenvalue weighted by atomic mass is 19.1. The third-order valence-electron chi connectivity index (χ3n) is 3.83. The van der Waals surface area contributed by atoms with E-state index in [1.54, 1.807) is 0 Å². The Kier molecular flexibility index (Phi) is 4.89. The molecular formula is C14H16F2N2O4. The molecule has 1 saturated heterocycles. The van der Waals surface area contributed by atoms with Crippen LogP contribution >= 0.6 is 0 Å². The van der Waals surface area contributed by atoms with Crippen LogP contribution in [0.4, 0.5) is 20.2 Å². The number of nitro benzene ring substituents is 1. The van der Waals surface area contributed by atoms with E-state index in [0.717, 1.165) is 12.1 Å². The van der Waals surface area contributed by atoms with Crippen LogP contribution in [0.2, 0.25) is 0 Å². The highest BCUT2D eigenvalue weighted by molar-refractivity contribution is 5.69. The van der Waals surface area contributed by atoms with Gasteiger partial charge >= 0.3 is 5.97 Å². The van der Waals surface area contributed by atoms with Crippen molar-refractivity contribution in [2.75, 3.05) is 25.1 Å². The second kappa shape index (κ2) is 6.67. The predicted molar refractivity (Wildman–Crippen MR) is 74.6 cm³/mol. The van der Waals surface area contributed by atoms with E-state index in [9.17, 15) is 23.7 Å². The molecule has 0 aliphatic carbocycles. The van der Waals surface area contributed by atoms with Gasteiger partial charge in [0.15, 0.2) is 11.6 Å². The second-order valence-electron chi connectivity index (χ2n) is 5.23. The number of anilines is 1. The van der Waals surface area contributed by atoms with Crippen LogP contribution < -0.4 is 4.90 Å². The average Bonchev–Trinajstić information content (AvgIpc) is 2.48. The van der Waals surface area contributed by atoms with Gasteiger partial charge in [0.05, 0.1) is 24.2 Å². The summed E-state index contributed by atoms with van der Waals surface area (Å²) in [5.74, 6) is -2.07. The molecule has 0 bridgehead atoms. The summed E-state index contributed by atoms with van der Waals surface area (Å²) in [5.41, 5.74) is -0.860. The van der Waals surface area contributed by atoms with E-state index < -0.39 is 22.2 Å². The molecule has 1 aromatic rings. The number of hydrogen-bond donors (Lipinski definition) is 0. The Balaban J connectivity index is 2.08. The number of esters is 1. The fraction of sp³-hybridized carbons (Fsp3) is 0.500. The van der Waals surface area contributed by atoms with Gasteiger partial charge in [0.25, 0.3) is 5.69 Å². The third kappa shape index (κ3) is 3.49. The van der Waals surface area contributed by atoms with Crippen molar-refractivity contribution in [1.82, 2.24) is 0 Å². The minimum atomic E-state index is -0.946. The monoisotopic (exact) mass is 314 g/mol. The summed E-state index contributed by atoms with van der Waals surface area (Å²) in [6.45, 7) is 0.765. The number of methoxy groups -OCH3 is 1. The van der Waals surface area contributed by atoms with Crippen molar-refractivity contribution in [3.63, 3.8) is 0 Å². The summed E-state index contributed by atoms with van der Waals surface area (Å²) < 4.78 is 32.5. The van der Waals surface area contributed by atoms with E-state index in [1.165, 1.54) is 12.0 Å². The normalized spacial score (nSPS) is 15.7. The SMILES string of the molecule is COC(=O)CC1CCN(c2c(F)cc([N+](=O)[O-])cc2F)CC1. The Morgan fingerprint density at radius 1 is 1.36 bits per heavy atom.